The van der Waals surface area contributed by atoms with Crippen molar-refractivity contribution >= 4 is 18.6 Å². The standard InChI is InChI=1S/C11H22O2S/c1-3-5-6-7-8-10(14)9-13-11(12)4-2/h10,14H,3-9H2,1-2H3. The second kappa shape index (κ2) is 9.38. The first-order valence-corrected chi connectivity index (χ1v) is 6.06. The van der Waals surface area contributed by atoms with Crippen LogP contribution >= 0.6 is 12.6 Å². The molecule has 0 aliphatic rings. The van der Waals surface area contributed by atoms with Gasteiger partial charge in [-0.1, -0.05) is 39.5 Å². The number of hydrogen-bond donors (Lipinski definition) is 1. The van der Waals surface area contributed by atoms with Gasteiger partial charge in [0.25, 0.3) is 0 Å². The molecule has 0 aromatic heterocycles. The summed E-state index contributed by atoms with van der Waals surface area (Å²) in [6.45, 7) is 4.46. The van der Waals surface area contributed by atoms with Crippen LogP contribution in [0.15, 0.2) is 0 Å². The predicted molar refractivity (Wildman–Crippen MR) is 62.8 cm³/mol. The first-order chi connectivity index (χ1) is 6.70. The van der Waals surface area contributed by atoms with Crippen molar-refractivity contribution in [1.82, 2.24) is 0 Å². The molecule has 0 amide bonds. The highest BCUT2D eigenvalue weighted by molar-refractivity contribution is 7.81. The van der Waals surface area contributed by atoms with Crippen molar-refractivity contribution in [2.45, 2.75) is 57.6 Å². The number of carbonyl (C=O) groups excluding carboxylic acids is 1. The number of unbranched alkanes of at least 4 members (excludes halogenated alkanes) is 3. The highest BCUT2D eigenvalue weighted by Gasteiger charge is 2.05. The molecular weight excluding hydrogens is 196 g/mol. The minimum absolute atomic E-state index is 0.127. The summed E-state index contributed by atoms with van der Waals surface area (Å²) in [7, 11) is 0. The SMILES string of the molecule is CCCCCCC(S)COC(=O)CC. The third kappa shape index (κ3) is 8.42. The molecule has 3 heteroatoms. The van der Waals surface area contributed by atoms with E-state index in [9.17, 15) is 4.79 Å². The molecule has 0 aromatic rings. The Kier molecular flexibility index (Phi) is 9.26. The third-order valence-corrected chi connectivity index (χ3v) is 2.52. The van der Waals surface area contributed by atoms with Crippen LogP contribution in [0.3, 0.4) is 0 Å². The van der Waals surface area contributed by atoms with E-state index in [1.54, 1.807) is 6.92 Å². The number of thiol groups is 1. The van der Waals surface area contributed by atoms with Gasteiger partial charge in [-0.15, -0.1) is 0 Å². The molecule has 0 fully saturated rings. The Labute approximate surface area is 92.8 Å². The van der Waals surface area contributed by atoms with Gasteiger partial charge in [0.15, 0.2) is 0 Å². The first kappa shape index (κ1) is 13.8. The molecule has 0 spiro atoms. The largest absolute Gasteiger partial charge is 0.465 e. The molecule has 0 aliphatic heterocycles. The van der Waals surface area contributed by atoms with Gasteiger partial charge in [0.1, 0.15) is 6.61 Å². The van der Waals surface area contributed by atoms with E-state index in [1.807, 2.05) is 0 Å². The minimum Gasteiger partial charge on any atom is -0.465 e. The summed E-state index contributed by atoms with van der Waals surface area (Å²) in [6.07, 6.45) is 6.48. The van der Waals surface area contributed by atoms with Gasteiger partial charge >= 0.3 is 5.97 Å². The Morgan fingerprint density at radius 3 is 2.57 bits per heavy atom. The molecule has 0 saturated carbocycles. The van der Waals surface area contributed by atoms with Gasteiger partial charge < -0.3 is 4.74 Å². The van der Waals surface area contributed by atoms with Crippen molar-refractivity contribution in [3.63, 3.8) is 0 Å². The van der Waals surface area contributed by atoms with E-state index in [1.165, 1.54) is 25.7 Å². The number of rotatable bonds is 8. The fourth-order valence-electron chi connectivity index (χ4n) is 1.18. The summed E-state index contributed by atoms with van der Waals surface area (Å²) < 4.78 is 4.99. The van der Waals surface area contributed by atoms with Crippen LogP contribution in [0.1, 0.15) is 52.4 Å². The molecule has 0 heterocycles. The van der Waals surface area contributed by atoms with Crippen molar-refractivity contribution in [2.24, 2.45) is 0 Å². The summed E-state index contributed by atoms with van der Waals surface area (Å²) in [5, 5.41) is 0.211. The zero-order valence-electron chi connectivity index (χ0n) is 9.29. The van der Waals surface area contributed by atoms with Crippen molar-refractivity contribution in [2.75, 3.05) is 6.61 Å². The zero-order valence-corrected chi connectivity index (χ0v) is 10.2. The molecule has 0 aromatic carbocycles. The van der Waals surface area contributed by atoms with E-state index in [2.05, 4.69) is 19.6 Å². The summed E-state index contributed by atoms with van der Waals surface area (Å²) in [5.41, 5.74) is 0. The van der Waals surface area contributed by atoms with Gasteiger partial charge in [0.05, 0.1) is 0 Å². The summed E-state index contributed by atoms with van der Waals surface area (Å²) in [6, 6.07) is 0. The van der Waals surface area contributed by atoms with Crippen molar-refractivity contribution in [3.8, 4) is 0 Å². The average molecular weight is 218 g/mol. The topological polar surface area (TPSA) is 26.3 Å². The fourth-order valence-corrected chi connectivity index (χ4v) is 1.44. The lowest BCUT2D eigenvalue weighted by Crippen LogP contribution is -2.13. The lowest BCUT2D eigenvalue weighted by molar-refractivity contribution is -0.143. The Balaban J connectivity index is 3.27. The van der Waals surface area contributed by atoms with Crippen molar-refractivity contribution in [1.29, 1.82) is 0 Å². The van der Waals surface area contributed by atoms with Crippen LogP contribution in [0.5, 0.6) is 0 Å². The smallest absolute Gasteiger partial charge is 0.305 e. The monoisotopic (exact) mass is 218 g/mol. The lowest BCUT2D eigenvalue weighted by Gasteiger charge is -2.10. The van der Waals surface area contributed by atoms with Crippen LogP contribution in [0.2, 0.25) is 0 Å². The number of esters is 1. The normalized spacial score (nSPS) is 12.5. The minimum atomic E-state index is -0.127. The van der Waals surface area contributed by atoms with Crippen molar-refractivity contribution in [3.05, 3.63) is 0 Å². The van der Waals surface area contributed by atoms with Gasteiger partial charge in [-0.05, 0) is 6.42 Å². The van der Waals surface area contributed by atoms with E-state index < -0.39 is 0 Å². The second-order valence-corrected chi connectivity index (χ2v) is 4.27. The Morgan fingerprint density at radius 1 is 1.29 bits per heavy atom. The maximum atomic E-state index is 10.8. The molecule has 14 heavy (non-hydrogen) atoms. The lowest BCUT2D eigenvalue weighted by atomic mass is 10.1. The highest BCUT2D eigenvalue weighted by Crippen LogP contribution is 2.10. The number of hydrogen-bond acceptors (Lipinski definition) is 3. The van der Waals surface area contributed by atoms with Crippen LogP contribution in [0, 0.1) is 0 Å². The third-order valence-electron chi connectivity index (χ3n) is 2.12. The van der Waals surface area contributed by atoms with Crippen molar-refractivity contribution < 1.29 is 9.53 Å². The average Bonchev–Trinajstić information content (AvgIpc) is 2.21. The Hall–Kier alpha value is -0.180. The van der Waals surface area contributed by atoms with E-state index in [-0.39, 0.29) is 11.2 Å². The van der Waals surface area contributed by atoms with E-state index in [0.29, 0.717) is 13.0 Å². The molecule has 1 unspecified atom stereocenters. The molecule has 0 saturated heterocycles. The molecule has 84 valence electrons. The van der Waals surface area contributed by atoms with Gasteiger partial charge in [-0.3, -0.25) is 4.79 Å². The van der Waals surface area contributed by atoms with Gasteiger partial charge in [-0.2, -0.15) is 12.6 Å². The van der Waals surface area contributed by atoms with E-state index in [0.717, 1.165) is 6.42 Å². The predicted octanol–water partition coefficient (Wildman–Crippen LogP) is 3.21. The van der Waals surface area contributed by atoms with Crippen LogP contribution in [0.25, 0.3) is 0 Å². The summed E-state index contributed by atoms with van der Waals surface area (Å²) in [4.78, 5) is 10.8. The Bertz CT molecular complexity index is 148. The summed E-state index contributed by atoms with van der Waals surface area (Å²) in [5.74, 6) is -0.127. The molecule has 2 nitrogen and oxygen atoms in total. The molecule has 0 radical (unpaired) electrons. The Morgan fingerprint density at radius 2 is 2.00 bits per heavy atom. The highest BCUT2D eigenvalue weighted by atomic mass is 32.1. The second-order valence-electron chi connectivity index (χ2n) is 3.54. The molecular formula is C11H22O2S. The quantitative estimate of drug-likeness (QED) is 0.385. The van der Waals surface area contributed by atoms with Crippen LogP contribution in [-0.4, -0.2) is 17.8 Å². The van der Waals surface area contributed by atoms with Crippen LogP contribution in [0.4, 0.5) is 0 Å². The number of ether oxygens (including phenoxy) is 1. The molecule has 0 bridgehead atoms. The van der Waals surface area contributed by atoms with E-state index in [4.69, 9.17) is 4.74 Å². The fraction of sp³-hybridized carbons (Fsp3) is 0.909. The maximum Gasteiger partial charge on any atom is 0.305 e. The molecule has 1 atom stereocenters. The van der Waals surface area contributed by atoms with Crippen LogP contribution < -0.4 is 0 Å². The zero-order chi connectivity index (χ0) is 10.8. The maximum absolute atomic E-state index is 10.8. The van der Waals surface area contributed by atoms with Crippen LogP contribution in [-0.2, 0) is 9.53 Å². The molecule has 0 N–H and O–H groups in total. The summed E-state index contributed by atoms with van der Waals surface area (Å²) >= 11 is 4.37. The molecule has 0 aliphatic carbocycles. The van der Waals surface area contributed by atoms with Gasteiger partial charge in [0.2, 0.25) is 0 Å². The van der Waals surface area contributed by atoms with Gasteiger partial charge in [-0.25, -0.2) is 0 Å². The van der Waals surface area contributed by atoms with E-state index >= 15 is 0 Å². The molecule has 0 rings (SSSR count). The number of carbonyl (C=O) groups is 1. The first-order valence-electron chi connectivity index (χ1n) is 5.54. The van der Waals surface area contributed by atoms with Gasteiger partial charge in [0, 0.05) is 11.7 Å².